The summed E-state index contributed by atoms with van der Waals surface area (Å²) < 4.78 is 107. The molecule has 0 atom stereocenters. The number of aromatic nitrogens is 2. The maximum Gasteiger partial charge on any atom is 0.467 e. The Balaban J connectivity index is 2.71. The number of benzene rings is 1. The number of ether oxygens (including phenoxy) is 1. The van der Waals surface area contributed by atoms with Crippen LogP contribution in [0.1, 0.15) is 5.56 Å². The van der Waals surface area contributed by atoms with Gasteiger partial charge in [-0.1, -0.05) is 0 Å². The zero-order valence-electron chi connectivity index (χ0n) is 11.6. The van der Waals surface area contributed by atoms with Crippen LogP contribution in [0.2, 0.25) is 0 Å². The first-order chi connectivity index (χ1) is 11.3. The number of alkyl halides is 8. The summed E-state index contributed by atoms with van der Waals surface area (Å²) in [5.74, 6) is -7.19. The Bertz CT molecular complexity index is 915. The van der Waals surface area contributed by atoms with Gasteiger partial charge >= 0.3 is 29.3 Å². The monoisotopic (exact) mass is 378 g/mol. The van der Waals surface area contributed by atoms with E-state index in [9.17, 15) is 44.7 Å². The quantitative estimate of drug-likeness (QED) is 0.635. The summed E-state index contributed by atoms with van der Waals surface area (Å²) in [5, 5.41) is 0. The molecule has 0 bridgehead atoms. The third-order valence-electron chi connectivity index (χ3n) is 2.96. The summed E-state index contributed by atoms with van der Waals surface area (Å²) in [4.78, 5) is 25.8. The van der Waals surface area contributed by atoms with Gasteiger partial charge in [0.05, 0.1) is 16.6 Å². The summed E-state index contributed by atoms with van der Waals surface area (Å²) >= 11 is 0. The lowest BCUT2D eigenvalue weighted by Gasteiger charge is -2.25. The van der Waals surface area contributed by atoms with Crippen molar-refractivity contribution in [3.8, 4) is 5.75 Å². The molecule has 1 aromatic heterocycles. The van der Waals surface area contributed by atoms with Crippen molar-refractivity contribution in [3.05, 3.63) is 38.4 Å². The number of H-pyrrole nitrogens is 2. The predicted octanol–water partition coefficient (Wildman–Crippen LogP) is 2.81. The molecule has 2 N–H and O–H groups in total. The third-order valence-corrected chi connectivity index (χ3v) is 2.96. The summed E-state index contributed by atoms with van der Waals surface area (Å²) in [7, 11) is 0. The normalized spacial score (nSPS) is 13.3. The fourth-order valence-corrected chi connectivity index (χ4v) is 1.74. The minimum Gasteiger partial charge on any atom is -0.427 e. The Hall–Kier alpha value is -2.60. The number of fused-ring (bicyclic) bond motifs is 1. The minimum absolute atomic E-state index is 0.103. The molecule has 0 aliphatic heterocycles. The van der Waals surface area contributed by atoms with Crippen molar-refractivity contribution in [2.45, 2.75) is 18.2 Å². The first kappa shape index (κ1) is 18.7. The van der Waals surface area contributed by atoms with Crippen LogP contribution in [0, 0.1) is 0 Å². The van der Waals surface area contributed by atoms with Gasteiger partial charge in [-0.05, 0) is 6.07 Å². The van der Waals surface area contributed by atoms with E-state index >= 15 is 0 Å². The SMILES string of the molecule is O=c1[nH]c2cc(OC(F)(F)C(F)(F)CF)c(C(F)(F)F)cc2[nH]c1=O. The molecule has 0 amide bonds. The van der Waals surface area contributed by atoms with Crippen LogP contribution in [-0.4, -0.2) is 28.7 Å². The maximum absolute atomic E-state index is 13.3. The molecule has 0 fully saturated rings. The van der Waals surface area contributed by atoms with Crippen molar-refractivity contribution >= 4 is 11.0 Å². The van der Waals surface area contributed by atoms with Crippen LogP contribution in [0.5, 0.6) is 5.75 Å². The Morgan fingerprint density at radius 1 is 0.880 bits per heavy atom. The molecule has 0 spiro atoms. The van der Waals surface area contributed by atoms with E-state index in [1.165, 1.54) is 0 Å². The topological polar surface area (TPSA) is 75.0 Å². The highest BCUT2D eigenvalue weighted by atomic mass is 19.4. The molecule has 0 aliphatic carbocycles. The van der Waals surface area contributed by atoms with Crippen molar-refractivity contribution in [1.29, 1.82) is 0 Å². The van der Waals surface area contributed by atoms with Crippen molar-refractivity contribution in [3.63, 3.8) is 0 Å². The Morgan fingerprint density at radius 2 is 1.36 bits per heavy atom. The molecule has 25 heavy (non-hydrogen) atoms. The molecular weight excluding hydrogens is 372 g/mol. The van der Waals surface area contributed by atoms with Gasteiger partial charge in [0.25, 0.3) is 0 Å². The number of hydrogen-bond acceptors (Lipinski definition) is 3. The Morgan fingerprint density at radius 3 is 1.80 bits per heavy atom. The lowest BCUT2D eigenvalue weighted by Crippen LogP contribution is -2.47. The van der Waals surface area contributed by atoms with E-state index in [0.717, 1.165) is 0 Å². The van der Waals surface area contributed by atoms with Gasteiger partial charge < -0.3 is 14.7 Å². The van der Waals surface area contributed by atoms with Gasteiger partial charge in [-0.3, -0.25) is 9.59 Å². The maximum atomic E-state index is 13.3. The first-order valence-electron chi connectivity index (χ1n) is 6.16. The number of aromatic amines is 2. The lowest BCUT2D eigenvalue weighted by atomic mass is 10.1. The van der Waals surface area contributed by atoms with E-state index in [2.05, 4.69) is 4.74 Å². The van der Waals surface area contributed by atoms with E-state index in [1.807, 2.05) is 0 Å². The van der Waals surface area contributed by atoms with Gasteiger partial charge in [0.1, 0.15) is 5.75 Å². The lowest BCUT2D eigenvalue weighted by molar-refractivity contribution is -0.313. The second kappa shape index (κ2) is 5.74. The second-order valence-electron chi connectivity index (χ2n) is 4.76. The molecule has 138 valence electrons. The van der Waals surface area contributed by atoms with Crippen LogP contribution in [0.4, 0.5) is 35.1 Å². The van der Waals surface area contributed by atoms with Crippen LogP contribution in [-0.2, 0) is 6.18 Å². The van der Waals surface area contributed by atoms with Gasteiger partial charge in [0.2, 0.25) is 0 Å². The van der Waals surface area contributed by atoms with Gasteiger partial charge in [0.15, 0.2) is 6.67 Å². The summed E-state index contributed by atoms with van der Waals surface area (Å²) in [5.41, 5.74) is -5.84. The molecule has 0 saturated heterocycles. The number of halogens is 8. The smallest absolute Gasteiger partial charge is 0.427 e. The zero-order valence-corrected chi connectivity index (χ0v) is 11.6. The van der Waals surface area contributed by atoms with Gasteiger partial charge in [-0.15, -0.1) is 0 Å². The standard InChI is InChI=1S/C12H6F8N2O3/c13-3-10(14,15)12(19,20)25-7-2-6-5(1-4(7)11(16,17)18)21-8(23)9(24)22-6/h1-2H,3H2,(H,21,23)(H,22,24). The average molecular weight is 378 g/mol. The van der Waals surface area contributed by atoms with E-state index in [1.54, 1.807) is 9.97 Å². The number of nitrogens with one attached hydrogen (secondary N) is 2. The first-order valence-corrected chi connectivity index (χ1v) is 6.16. The third kappa shape index (κ3) is 3.44. The molecule has 0 saturated carbocycles. The molecule has 2 aromatic rings. The number of rotatable bonds is 4. The second-order valence-corrected chi connectivity index (χ2v) is 4.76. The molecule has 0 aliphatic rings. The van der Waals surface area contributed by atoms with Crippen LogP contribution in [0.25, 0.3) is 11.0 Å². The van der Waals surface area contributed by atoms with Gasteiger partial charge in [0, 0.05) is 6.07 Å². The van der Waals surface area contributed by atoms with Crippen LogP contribution in [0.15, 0.2) is 21.7 Å². The molecule has 1 aromatic carbocycles. The fraction of sp³-hybridized carbons (Fsp3) is 0.333. The van der Waals surface area contributed by atoms with Gasteiger partial charge in [-0.25, -0.2) is 4.39 Å². The molecule has 5 nitrogen and oxygen atoms in total. The van der Waals surface area contributed by atoms with Crippen molar-refractivity contribution in [1.82, 2.24) is 9.97 Å². The number of hydrogen-bond donors (Lipinski definition) is 2. The van der Waals surface area contributed by atoms with E-state index in [0.29, 0.717) is 0 Å². The summed E-state index contributed by atoms with van der Waals surface area (Å²) in [6.45, 7) is -2.89. The van der Waals surface area contributed by atoms with Crippen molar-refractivity contribution < 1.29 is 39.9 Å². The molecule has 13 heteroatoms. The molecule has 0 radical (unpaired) electrons. The molecule has 1 heterocycles. The Labute approximate surface area is 131 Å². The van der Waals surface area contributed by atoms with E-state index in [4.69, 9.17) is 0 Å². The highest BCUT2D eigenvalue weighted by molar-refractivity contribution is 5.77. The highest BCUT2D eigenvalue weighted by Gasteiger charge is 2.60. The summed E-state index contributed by atoms with van der Waals surface area (Å²) in [6.07, 6.45) is -11.0. The van der Waals surface area contributed by atoms with E-state index in [-0.39, 0.29) is 12.1 Å². The van der Waals surface area contributed by atoms with E-state index < -0.39 is 58.3 Å². The van der Waals surface area contributed by atoms with Crippen molar-refractivity contribution in [2.24, 2.45) is 0 Å². The highest BCUT2D eigenvalue weighted by Crippen LogP contribution is 2.43. The largest absolute Gasteiger partial charge is 0.467 e. The average Bonchev–Trinajstić information content (AvgIpc) is 2.46. The van der Waals surface area contributed by atoms with Crippen LogP contribution < -0.4 is 15.9 Å². The predicted molar refractivity (Wildman–Crippen MR) is 66.7 cm³/mol. The van der Waals surface area contributed by atoms with Crippen LogP contribution in [0.3, 0.4) is 0 Å². The van der Waals surface area contributed by atoms with Crippen LogP contribution >= 0.6 is 0 Å². The fourth-order valence-electron chi connectivity index (χ4n) is 1.74. The van der Waals surface area contributed by atoms with Crippen molar-refractivity contribution in [2.75, 3.05) is 6.67 Å². The zero-order chi connectivity index (χ0) is 19.2. The van der Waals surface area contributed by atoms with Gasteiger partial charge in [-0.2, -0.15) is 30.7 Å². The molecule has 2 rings (SSSR count). The minimum atomic E-state index is -5.61. The summed E-state index contributed by atoms with van der Waals surface area (Å²) in [6, 6.07) is 0.267. The molecular formula is C12H6F8N2O3. The molecule has 0 unspecified atom stereocenters. The Kier molecular flexibility index (Phi) is 4.30.